The van der Waals surface area contributed by atoms with E-state index in [0.29, 0.717) is 17.6 Å². The fourth-order valence-corrected chi connectivity index (χ4v) is 3.69. The monoisotopic (exact) mass is 365 g/mol. The number of anilines is 1. The van der Waals surface area contributed by atoms with Crippen molar-refractivity contribution in [3.63, 3.8) is 0 Å². The Labute approximate surface area is 155 Å². The fraction of sp³-hybridized carbons (Fsp3) is 0.316. The zero-order chi connectivity index (χ0) is 18.4. The minimum Gasteiger partial charge on any atom is -0.351 e. The van der Waals surface area contributed by atoms with Gasteiger partial charge in [-0.15, -0.1) is 0 Å². The summed E-state index contributed by atoms with van der Waals surface area (Å²) in [5, 5.41) is 4.29. The summed E-state index contributed by atoms with van der Waals surface area (Å²) in [6.07, 6.45) is 11.0. The topological polar surface area (TPSA) is 74.1 Å². The first kappa shape index (κ1) is 16.2. The highest BCUT2D eigenvalue weighted by molar-refractivity contribution is 5.93. The zero-order valence-electron chi connectivity index (χ0n) is 15.0. The van der Waals surface area contributed by atoms with Crippen molar-refractivity contribution >= 4 is 22.6 Å². The van der Waals surface area contributed by atoms with Crippen LogP contribution in [0.3, 0.4) is 0 Å². The molecule has 5 rings (SSSR count). The van der Waals surface area contributed by atoms with Crippen LogP contribution >= 0.6 is 0 Å². The number of H-pyrrole nitrogens is 1. The Morgan fingerprint density at radius 1 is 1.26 bits per heavy atom. The zero-order valence-corrected chi connectivity index (χ0v) is 15.0. The van der Waals surface area contributed by atoms with Crippen LogP contribution in [0.25, 0.3) is 27.8 Å². The van der Waals surface area contributed by atoms with Crippen molar-refractivity contribution in [2.24, 2.45) is 0 Å². The summed E-state index contributed by atoms with van der Waals surface area (Å²) in [6.45, 7) is 2.16. The summed E-state index contributed by atoms with van der Waals surface area (Å²) in [5.41, 5.74) is 2.68. The molecular weight excluding hydrogens is 345 g/mol. The van der Waals surface area contributed by atoms with Gasteiger partial charge in [0.2, 0.25) is 5.95 Å². The molecule has 4 aromatic rings. The van der Waals surface area contributed by atoms with Gasteiger partial charge in [-0.25, -0.2) is 14.4 Å². The Morgan fingerprint density at radius 2 is 2.11 bits per heavy atom. The quantitative estimate of drug-likeness (QED) is 0.584. The van der Waals surface area contributed by atoms with Crippen LogP contribution in [0.4, 0.5) is 10.3 Å². The first-order valence-electron chi connectivity index (χ1n) is 9.09. The van der Waals surface area contributed by atoms with Crippen LogP contribution in [-0.4, -0.2) is 55.4 Å². The van der Waals surface area contributed by atoms with Gasteiger partial charge >= 0.3 is 0 Å². The van der Waals surface area contributed by atoms with E-state index < -0.39 is 0 Å². The van der Waals surface area contributed by atoms with E-state index in [4.69, 9.17) is 0 Å². The van der Waals surface area contributed by atoms with Gasteiger partial charge in [0.25, 0.3) is 0 Å². The highest BCUT2D eigenvalue weighted by Gasteiger charge is 2.18. The molecule has 1 fully saturated rings. The highest BCUT2D eigenvalue weighted by Crippen LogP contribution is 2.29. The van der Waals surface area contributed by atoms with E-state index in [1.54, 1.807) is 23.0 Å². The third-order valence-electron chi connectivity index (χ3n) is 5.24. The number of halogens is 1. The molecule has 7 nitrogen and oxygen atoms in total. The number of aromatic nitrogens is 5. The minimum atomic E-state index is -0.353. The standard InChI is InChI=1S/C19H20FN7/c1-26-5-2-13(3-6-26)24-19-23-10-15-14(9-22-17(15)25-19)12-8-16(20)18-21-4-7-27(18)11-12/h4,7-11,13H,2-3,5-6H2,1H3,(H2,22,23,24,25). The van der Waals surface area contributed by atoms with Crippen LogP contribution in [0.2, 0.25) is 0 Å². The Bertz CT molecular complexity index is 1110. The first-order valence-corrected chi connectivity index (χ1v) is 9.09. The second-order valence-electron chi connectivity index (χ2n) is 7.11. The van der Waals surface area contributed by atoms with Gasteiger partial charge in [-0.3, -0.25) is 0 Å². The van der Waals surface area contributed by atoms with E-state index in [2.05, 4.69) is 37.2 Å². The van der Waals surface area contributed by atoms with Crippen molar-refractivity contribution in [1.82, 2.24) is 29.2 Å². The van der Waals surface area contributed by atoms with Crippen molar-refractivity contribution in [1.29, 1.82) is 0 Å². The summed E-state index contributed by atoms with van der Waals surface area (Å²) < 4.78 is 16.0. The van der Waals surface area contributed by atoms with Crippen molar-refractivity contribution in [2.75, 3.05) is 25.5 Å². The SMILES string of the molecule is CN1CCC(Nc2ncc3c(-c4cc(F)c5nccn5c4)c[nH]c3n2)CC1. The number of fused-ring (bicyclic) bond motifs is 2. The van der Waals surface area contributed by atoms with E-state index >= 15 is 0 Å². The van der Waals surface area contributed by atoms with Crippen LogP contribution in [0, 0.1) is 5.82 Å². The normalized spacial score (nSPS) is 16.4. The van der Waals surface area contributed by atoms with Crippen molar-refractivity contribution in [3.05, 3.63) is 42.9 Å². The van der Waals surface area contributed by atoms with Crippen LogP contribution in [-0.2, 0) is 0 Å². The molecule has 0 spiro atoms. The third kappa shape index (κ3) is 2.91. The molecule has 0 radical (unpaired) electrons. The number of nitrogens with zero attached hydrogens (tertiary/aromatic N) is 5. The molecule has 138 valence electrons. The van der Waals surface area contributed by atoms with Gasteiger partial charge in [0.15, 0.2) is 11.5 Å². The average Bonchev–Trinajstić information content (AvgIpc) is 3.30. The molecule has 0 atom stereocenters. The van der Waals surface area contributed by atoms with E-state index in [0.717, 1.165) is 48.1 Å². The van der Waals surface area contributed by atoms with Gasteiger partial charge in [0.1, 0.15) is 5.65 Å². The molecule has 1 aliphatic heterocycles. The minimum absolute atomic E-state index is 0.319. The number of pyridine rings is 1. The van der Waals surface area contributed by atoms with Gasteiger partial charge in [-0.1, -0.05) is 0 Å². The predicted molar refractivity (Wildman–Crippen MR) is 102 cm³/mol. The Hall–Kier alpha value is -3.00. The lowest BCUT2D eigenvalue weighted by Crippen LogP contribution is -2.37. The Kier molecular flexibility index (Phi) is 3.78. The summed E-state index contributed by atoms with van der Waals surface area (Å²) in [4.78, 5) is 18.6. The van der Waals surface area contributed by atoms with Crippen LogP contribution in [0.5, 0.6) is 0 Å². The lowest BCUT2D eigenvalue weighted by atomic mass is 10.1. The second-order valence-corrected chi connectivity index (χ2v) is 7.11. The van der Waals surface area contributed by atoms with Crippen molar-refractivity contribution < 1.29 is 4.39 Å². The molecule has 0 amide bonds. The van der Waals surface area contributed by atoms with E-state index in [9.17, 15) is 4.39 Å². The first-order chi connectivity index (χ1) is 13.2. The fourth-order valence-electron chi connectivity index (χ4n) is 3.69. The molecule has 4 aromatic heterocycles. The number of nitrogens with one attached hydrogen (secondary N) is 2. The number of piperidine rings is 1. The lowest BCUT2D eigenvalue weighted by Gasteiger charge is -2.29. The molecule has 0 bridgehead atoms. The number of hydrogen-bond donors (Lipinski definition) is 2. The smallest absolute Gasteiger partial charge is 0.224 e. The van der Waals surface area contributed by atoms with Gasteiger partial charge in [0.05, 0.1) is 0 Å². The molecule has 27 heavy (non-hydrogen) atoms. The summed E-state index contributed by atoms with van der Waals surface area (Å²) >= 11 is 0. The lowest BCUT2D eigenvalue weighted by molar-refractivity contribution is 0.263. The maximum atomic E-state index is 14.3. The molecule has 0 aliphatic carbocycles. The molecule has 0 aromatic carbocycles. The number of rotatable bonds is 3. The number of hydrogen-bond acceptors (Lipinski definition) is 5. The molecule has 0 unspecified atom stereocenters. The third-order valence-corrected chi connectivity index (χ3v) is 5.24. The predicted octanol–water partition coefficient (Wildman–Crippen LogP) is 2.92. The van der Waals surface area contributed by atoms with E-state index in [1.807, 2.05) is 12.4 Å². The maximum Gasteiger partial charge on any atom is 0.224 e. The van der Waals surface area contributed by atoms with Crippen LogP contribution < -0.4 is 5.32 Å². The molecule has 0 saturated carbocycles. The Balaban J connectivity index is 1.46. The van der Waals surface area contributed by atoms with Crippen molar-refractivity contribution in [2.45, 2.75) is 18.9 Å². The van der Waals surface area contributed by atoms with Crippen molar-refractivity contribution in [3.8, 4) is 11.1 Å². The molecule has 1 aliphatic rings. The molecule has 2 N–H and O–H groups in total. The second kappa shape index (κ2) is 6.31. The number of likely N-dealkylation sites (tertiary alicyclic amines) is 1. The van der Waals surface area contributed by atoms with Crippen LogP contribution in [0.15, 0.2) is 37.1 Å². The number of imidazole rings is 1. The molecule has 1 saturated heterocycles. The van der Waals surface area contributed by atoms with Crippen LogP contribution in [0.1, 0.15) is 12.8 Å². The summed E-state index contributed by atoms with van der Waals surface area (Å²) in [7, 11) is 2.14. The van der Waals surface area contributed by atoms with Gasteiger partial charge in [-0.05, 0) is 39.0 Å². The molecule has 5 heterocycles. The number of aromatic amines is 1. The molecule has 8 heteroatoms. The average molecular weight is 365 g/mol. The maximum absolute atomic E-state index is 14.3. The van der Waals surface area contributed by atoms with Gasteiger partial charge in [0, 0.05) is 53.5 Å². The Morgan fingerprint density at radius 3 is 2.96 bits per heavy atom. The van der Waals surface area contributed by atoms with Gasteiger partial charge < -0.3 is 19.6 Å². The molecular formula is C19H20FN7. The highest BCUT2D eigenvalue weighted by atomic mass is 19.1. The van der Waals surface area contributed by atoms with E-state index in [-0.39, 0.29) is 5.82 Å². The summed E-state index contributed by atoms with van der Waals surface area (Å²) in [5.74, 6) is 0.273. The summed E-state index contributed by atoms with van der Waals surface area (Å²) in [6, 6.07) is 1.89. The van der Waals surface area contributed by atoms with E-state index in [1.165, 1.54) is 6.07 Å². The largest absolute Gasteiger partial charge is 0.351 e. The van der Waals surface area contributed by atoms with Gasteiger partial charge in [-0.2, -0.15) is 4.98 Å².